The van der Waals surface area contributed by atoms with E-state index in [1.165, 1.54) is 0 Å². The van der Waals surface area contributed by atoms with Crippen molar-refractivity contribution in [2.24, 2.45) is 5.73 Å². The summed E-state index contributed by atoms with van der Waals surface area (Å²) in [7, 11) is 0. The summed E-state index contributed by atoms with van der Waals surface area (Å²) in [6.45, 7) is 4.53. The molecule has 10 nitrogen and oxygen atoms in total. The van der Waals surface area contributed by atoms with Crippen LogP contribution in [0, 0.1) is 0 Å². The van der Waals surface area contributed by atoms with Crippen molar-refractivity contribution < 1.29 is 44.5 Å². The molecule has 6 atom stereocenters. The van der Waals surface area contributed by atoms with Gasteiger partial charge in [-0.05, 0) is 53.3 Å². The first-order chi connectivity index (χ1) is 21.1. The molecule has 1 saturated heterocycles. The highest BCUT2D eigenvalue weighted by molar-refractivity contribution is 6.31. The molecule has 0 spiro atoms. The van der Waals surface area contributed by atoms with E-state index >= 15 is 0 Å². The third-order valence-corrected chi connectivity index (χ3v) is 7.32. The number of carboxylic acids is 1. The highest BCUT2D eigenvalue weighted by atomic mass is 35.5. The Balaban J connectivity index is 0.000000369. The van der Waals surface area contributed by atoms with Crippen molar-refractivity contribution in [3.8, 4) is 5.75 Å². The van der Waals surface area contributed by atoms with Gasteiger partial charge in [-0.1, -0.05) is 72.3 Å². The second kappa shape index (κ2) is 17.8. The number of aliphatic carboxylic acids is 1. The van der Waals surface area contributed by atoms with Gasteiger partial charge in [-0.3, -0.25) is 4.79 Å². The first kappa shape index (κ1) is 35.2. The molecule has 0 unspecified atom stereocenters. The molecule has 0 aromatic heterocycles. The summed E-state index contributed by atoms with van der Waals surface area (Å²) in [4.78, 5) is 10.4. The SMILES string of the molecule is C=CCOCCOc1ccc(Cc2cc([C@@H]3O[C@H](CO)[C@@H](O)[C@H](O)[C@H]3O)ccc2Cl)cc1.N[C@@H](Cc1ccccc1)C(=O)O. The van der Waals surface area contributed by atoms with Gasteiger partial charge in [-0.25, -0.2) is 0 Å². The molecule has 0 amide bonds. The number of rotatable bonds is 13. The maximum Gasteiger partial charge on any atom is 0.320 e. The molecular weight excluding hydrogens is 590 g/mol. The Labute approximate surface area is 261 Å². The third-order valence-electron chi connectivity index (χ3n) is 6.96. The van der Waals surface area contributed by atoms with Gasteiger partial charge in [0.05, 0.1) is 19.8 Å². The smallest absolute Gasteiger partial charge is 0.320 e. The van der Waals surface area contributed by atoms with E-state index < -0.39 is 49.1 Å². The van der Waals surface area contributed by atoms with Crippen LogP contribution < -0.4 is 10.5 Å². The van der Waals surface area contributed by atoms with Crippen molar-refractivity contribution >= 4 is 17.6 Å². The van der Waals surface area contributed by atoms with Gasteiger partial charge in [0.1, 0.15) is 48.9 Å². The Hall–Kier alpha value is -3.32. The summed E-state index contributed by atoms with van der Waals surface area (Å²) < 4.78 is 16.6. The van der Waals surface area contributed by atoms with Crippen molar-refractivity contribution in [1.29, 1.82) is 0 Å². The van der Waals surface area contributed by atoms with E-state index in [2.05, 4.69) is 6.58 Å². The zero-order valence-electron chi connectivity index (χ0n) is 24.2. The number of hydrogen-bond acceptors (Lipinski definition) is 9. The fourth-order valence-corrected chi connectivity index (χ4v) is 4.73. The Bertz CT molecular complexity index is 1310. The molecule has 3 aromatic carbocycles. The van der Waals surface area contributed by atoms with Crippen molar-refractivity contribution in [1.82, 2.24) is 0 Å². The number of ether oxygens (including phenoxy) is 3. The first-order valence-electron chi connectivity index (χ1n) is 14.2. The molecule has 3 aromatic rings. The number of aliphatic hydroxyl groups excluding tert-OH is 4. The maximum absolute atomic E-state index is 10.4. The number of benzene rings is 3. The van der Waals surface area contributed by atoms with Gasteiger partial charge < -0.3 is 45.5 Å². The van der Waals surface area contributed by atoms with Crippen LogP contribution in [-0.4, -0.2) is 88.4 Å². The Morgan fingerprint density at radius 1 is 0.977 bits per heavy atom. The van der Waals surface area contributed by atoms with Crippen molar-refractivity contribution in [3.63, 3.8) is 0 Å². The Kier molecular flexibility index (Phi) is 14.3. The fraction of sp³-hybridized carbons (Fsp3) is 0.364. The standard InChI is InChI=1S/C24H29ClO7.C9H11NO2/c1-2-9-30-10-11-31-18-6-3-15(4-7-18)12-17-13-16(5-8-19(17)25)24-23(29)22(28)21(27)20(14-26)32-24;10-8(9(11)12)6-7-4-2-1-3-5-7/h2-8,13,20-24,26-29H,1,9-12,14H2;1-5,8H,6,10H2,(H,11,12)/t20-,21-,22+,23-,24+;8-/m10/s1. The second-order valence-electron chi connectivity index (χ2n) is 10.3. The second-order valence-corrected chi connectivity index (χ2v) is 10.7. The molecule has 0 bridgehead atoms. The lowest BCUT2D eigenvalue weighted by Crippen LogP contribution is -2.55. The molecule has 1 fully saturated rings. The summed E-state index contributed by atoms with van der Waals surface area (Å²) in [5.74, 6) is -0.226. The van der Waals surface area contributed by atoms with Crippen molar-refractivity contribution in [2.45, 2.75) is 49.4 Å². The summed E-state index contributed by atoms with van der Waals surface area (Å²) in [5.41, 5.74) is 8.72. The lowest BCUT2D eigenvalue weighted by molar-refractivity contribution is -0.231. The minimum absolute atomic E-state index is 0.385. The van der Waals surface area contributed by atoms with E-state index in [0.717, 1.165) is 22.4 Å². The van der Waals surface area contributed by atoms with Gasteiger partial charge in [0.25, 0.3) is 0 Å². The lowest BCUT2D eigenvalue weighted by Gasteiger charge is -2.40. The van der Waals surface area contributed by atoms with Crippen molar-refractivity contribution in [3.05, 3.63) is 113 Å². The average molecular weight is 630 g/mol. The number of carbonyl (C=O) groups is 1. The van der Waals surface area contributed by atoms with E-state index in [9.17, 15) is 25.2 Å². The lowest BCUT2D eigenvalue weighted by atomic mass is 9.90. The molecular formula is C33H40ClNO9. The zero-order chi connectivity index (χ0) is 32.1. The molecule has 1 aliphatic rings. The highest BCUT2D eigenvalue weighted by Gasteiger charge is 2.44. The van der Waals surface area contributed by atoms with Crippen LogP contribution in [0.25, 0.3) is 0 Å². The average Bonchev–Trinajstić information content (AvgIpc) is 3.03. The highest BCUT2D eigenvalue weighted by Crippen LogP contribution is 2.34. The normalized spacial score (nSPS) is 21.9. The van der Waals surface area contributed by atoms with Gasteiger partial charge >= 0.3 is 5.97 Å². The Morgan fingerprint density at radius 3 is 2.32 bits per heavy atom. The molecule has 1 aliphatic heterocycles. The predicted molar refractivity (Wildman–Crippen MR) is 166 cm³/mol. The summed E-state index contributed by atoms with van der Waals surface area (Å²) in [6.07, 6.45) is -3.43. The van der Waals surface area contributed by atoms with Crippen LogP contribution in [0.1, 0.15) is 28.4 Å². The molecule has 44 heavy (non-hydrogen) atoms. The van der Waals surface area contributed by atoms with E-state index in [0.29, 0.717) is 43.2 Å². The van der Waals surface area contributed by atoms with Gasteiger partial charge in [0.2, 0.25) is 0 Å². The van der Waals surface area contributed by atoms with E-state index in [-0.39, 0.29) is 0 Å². The minimum atomic E-state index is -1.43. The van der Waals surface area contributed by atoms with Crippen LogP contribution in [-0.2, 0) is 27.1 Å². The van der Waals surface area contributed by atoms with E-state index in [1.807, 2.05) is 54.6 Å². The van der Waals surface area contributed by atoms with E-state index in [1.54, 1.807) is 24.3 Å². The van der Waals surface area contributed by atoms with E-state index in [4.69, 9.17) is 36.7 Å². The number of nitrogens with two attached hydrogens (primary N) is 1. The zero-order valence-corrected chi connectivity index (χ0v) is 25.0. The number of hydrogen-bond donors (Lipinski definition) is 6. The first-order valence-corrected chi connectivity index (χ1v) is 14.5. The van der Waals surface area contributed by atoms with Crippen LogP contribution in [0.5, 0.6) is 5.75 Å². The predicted octanol–water partition coefficient (Wildman–Crippen LogP) is 2.67. The van der Waals surface area contributed by atoms with Crippen LogP contribution in [0.3, 0.4) is 0 Å². The Morgan fingerprint density at radius 2 is 1.68 bits per heavy atom. The van der Waals surface area contributed by atoms with Crippen LogP contribution >= 0.6 is 11.6 Å². The molecule has 0 radical (unpaired) electrons. The molecule has 4 rings (SSSR count). The molecule has 238 valence electrons. The van der Waals surface area contributed by atoms with Gasteiger partial charge in [-0.15, -0.1) is 6.58 Å². The summed E-state index contributed by atoms with van der Waals surface area (Å²) >= 11 is 6.39. The summed E-state index contributed by atoms with van der Waals surface area (Å²) in [6, 6.07) is 21.4. The van der Waals surface area contributed by atoms with Crippen molar-refractivity contribution in [2.75, 3.05) is 26.4 Å². The monoisotopic (exact) mass is 629 g/mol. The topological polar surface area (TPSA) is 172 Å². The third kappa shape index (κ3) is 10.4. The van der Waals surface area contributed by atoms with Crippen LogP contribution in [0.2, 0.25) is 5.02 Å². The molecule has 0 saturated carbocycles. The number of carboxylic acid groups (broad SMARTS) is 1. The molecule has 11 heteroatoms. The largest absolute Gasteiger partial charge is 0.491 e. The number of aliphatic hydroxyl groups is 4. The number of halogens is 1. The van der Waals surface area contributed by atoms with Crippen LogP contribution in [0.4, 0.5) is 0 Å². The quantitative estimate of drug-likeness (QED) is 0.122. The molecule has 7 N–H and O–H groups in total. The molecule has 1 heterocycles. The minimum Gasteiger partial charge on any atom is -0.491 e. The fourth-order valence-electron chi connectivity index (χ4n) is 4.55. The van der Waals surface area contributed by atoms with Gasteiger partial charge in [0.15, 0.2) is 0 Å². The molecule has 0 aliphatic carbocycles. The van der Waals surface area contributed by atoms with Gasteiger partial charge in [-0.2, -0.15) is 0 Å². The van der Waals surface area contributed by atoms with Crippen LogP contribution in [0.15, 0.2) is 85.5 Å². The maximum atomic E-state index is 10.4. The van der Waals surface area contributed by atoms with Gasteiger partial charge in [0, 0.05) is 5.02 Å². The summed E-state index contributed by atoms with van der Waals surface area (Å²) in [5, 5.41) is 49.0.